The van der Waals surface area contributed by atoms with E-state index in [1.165, 1.54) is 0 Å². The summed E-state index contributed by atoms with van der Waals surface area (Å²) in [7, 11) is -1.73. The lowest BCUT2D eigenvalue weighted by Crippen LogP contribution is -2.04. The minimum atomic E-state index is -1.73. The topological polar surface area (TPSA) is 71.5 Å². The summed E-state index contributed by atoms with van der Waals surface area (Å²) in [6.45, 7) is 4.06. The number of rotatable bonds is 4. The molecule has 1 aromatic rings. The number of nitrogens with zero attached hydrogens (tertiary/aromatic N) is 1. The highest BCUT2D eigenvalue weighted by Crippen LogP contribution is 2.36. The molecule has 0 fully saturated rings. The summed E-state index contributed by atoms with van der Waals surface area (Å²) in [4.78, 5) is 11.4. The van der Waals surface area contributed by atoms with Gasteiger partial charge in [-0.05, 0) is 29.8 Å². The molecule has 5 nitrogen and oxygen atoms in total. The fraction of sp³-hybridized carbons (Fsp3) is 0.500. The normalized spacial score (nSPS) is 11.3. The Morgan fingerprint density at radius 3 is 2.73 bits per heavy atom. The minimum absolute atomic E-state index is 0.000278. The van der Waals surface area contributed by atoms with Gasteiger partial charge in [0, 0.05) is 4.37 Å². The third-order valence-corrected chi connectivity index (χ3v) is 3.52. The van der Waals surface area contributed by atoms with Crippen molar-refractivity contribution < 1.29 is 18.8 Å². The number of carbonyl (C=O) groups excluding carboxylic acids is 1. The number of carbonyl (C=O) groups is 1. The molecule has 1 atom stereocenters. The van der Waals surface area contributed by atoms with Gasteiger partial charge in [0.1, 0.15) is 0 Å². The standard InChI is InChI=1S/C8H10BrNO4S/c1-3-13-7-5(9)6(15(12)10-7)8(11)14-4-2/h3-4H2,1-2H3. The van der Waals surface area contributed by atoms with Gasteiger partial charge in [-0.3, -0.25) is 0 Å². The molecule has 0 aliphatic heterocycles. The van der Waals surface area contributed by atoms with E-state index in [2.05, 4.69) is 20.3 Å². The van der Waals surface area contributed by atoms with Crippen molar-refractivity contribution in [2.24, 2.45) is 0 Å². The number of hydrogen-bond acceptors (Lipinski definition) is 5. The number of esters is 1. The van der Waals surface area contributed by atoms with E-state index in [4.69, 9.17) is 9.47 Å². The third-order valence-electron chi connectivity index (χ3n) is 1.47. The Morgan fingerprint density at radius 1 is 1.53 bits per heavy atom. The lowest BCUT2D eigenvalue weighted by atomic mass is 10.5. The van der Waals surface area contributed by atoms with Crippen LogP contribution in [-0.2, 0) is 4.74 Å². The molecule has 15 heavy (non-hydrogen) atoms. The van der Waals surface area contributed by atoms with Crippen molar-refractivity contribution in [1.82, 2.24) is 4.37 Å². The molecule has 0 bridgehead atoms. The Balaban J connectivity index is 3.02. The molecule has 0 N–H and O–H groups in total. The lowest BCUT2D eigenvalue weighted by molar-refractivity contribution is 0.0529. The van der Waals surface area contributed by atoms with Crippen LogP contribution in [0.4, 0.5) is 0 Å². The van der Waals surface area contributed by atoms with Gasteiger partial charge >= 0.3 is 10.8 Å². The third kappa shape index (κ3) is 2.67. The van der Waals surface area contributed by atoms with Crippen LogP contribution < -0.4 is 4.74 Å². The fourth-order valence-electron chi connectivity index (χ4n) is 0.919. The molecule has 1 rings (SSSR count). The molecule has 1 heterocycles. The highest BCUT2D eigenvalue weighted by atomic mass is 79.9. The summed E-state index contributed by atoms with van der Waals surface area (Å²) in [5, 5.41) is 0. The molecule has 84 valence electrons. The van der Waals surface area contributed by atoms with Crippen LogP contribution in [0.3, 0.4) is 0 Å². The monoisotopic (exact) mass is 295 g/mol. The smallest absolute Gasteiger partial charge is 0.395 e. The number of ether oxygens (including phenoxy) is 2. The molecule has 0 aliphatic carbocycles. The van der Waals surface area contributed by atoms with Gasteiger partial charge in [0.25, 0.3) is 5.88 Å². The molecule has 0 aliphatic rings. The number of aromatic nitrogens is 1. The number of halogens is 1. The molecule has 0 aromatic carbocycles. The van der Waals surface area contributed by atoms with E-state index >= 15 is 0 Å². The van der Waals surface area contributed by atoms with Crippen LogP contribution in [0.2, 0.25) is 0 Å². The van der Waals surface area contributed by atoms with Crippen molar-refractivity contribution in [2.45, 2.75) is 13.8 Å². The summed E-state index contributed by atoms with van der Waals surface area (Å²) in [5.41, 5.74) is 0. The molecular weight excluding hydrogens is 286 g/mol. The average Bonchev–Trinajstić information content (AvgIpc) is 2.43. The van der Waals surface area contributed by atoms with Crippen molar-refractivity contribution in [2.75, 3.05) is 13.2 Å². The zero-order chi connectivity index (χ0) is 11.4. The Hall–Kier alpha value is -0.660. The molecular formula is C8H10BrNO4S. The molecule has 7 heteroatoms. The van der Waals surface area contributed by atoms with E-state index in [9.17, 15) is 9.35 Å². The Labute approximate surface area is 98.5 Å². The van der Waals surface area contributed by atoms with E-state index in [0.29, 0.717) is 11.1 Å². The SMILES string of the molecule is CCOC(=O)c1c(Br)c(OCC)n[s+]1[O-]. The van der Waals surface area contributed by atoms with Gasteiger partial charge in [0.05, 0.1) is 24.2 Å². The Morgan fingerprint density at radius 2 is 2.20 bits per heavy atom. The van der Waals surface area contributed by atoms with Gasteiger partial charge in [-0.2, -0.15) is 0 Å². The maximum atomic E-state index is 11.4. The highest BCUT2D eigenvalue weighted by Gasteiger charge is 2.30. The Bertz CT molecular complexity index is 366. The molecule has 0 saturated heterocycles. The second-order valence-corrected chi connectivity index (χ2v) is 4.32. The van der Waals surface area contributed by atoms with E-state index in [1.807, 2.05) is 0 Å². The summed E-state index contributed by atoms with van der Waals surface area (Å²) in [5.74, 6) is -0.458. The van der Waals surface area contributed by atoms with E-state index in [0.717, 1.165) is 0 Å². The first kappa shape index (κ1) is 12.4. The largest absolute Gasteiger partial charge is 0.568 e. The first-order chi connectivity index (χ1) is 7.11. The van der Waals surface area contributed by atoms with Gasteiger partial charge in [-0.25, -0.2) is 4.79 Å². The molecule has 0 radical (unpaired) electrons. The zero-order valence-electron chi connectivity index (χ0n) is 8.28. The maximum Gasteiger partial charge on any atom is 0.395 e. The quantitative estimate of drug-likeness (QED) is 0.629. The van der Waals surface area contributed by atoms with Crippen LogP contribution in [0.15, 0.2) is 4.47 Å². The fourth-order valence-corrected chi connectivity index (χ4v) is 2.64. The average molecular weight is 296 g/mol. The predicted octanol–water partition coefficient (Wildman–Crippen LogP) is 2.15. The van der Waals surface area contributed by atoms with Crippen molar-refractivity contribution >= 4 is 32.8 Å². The second-order valence-electron chi connectivity index (χ2n) is 2.44. The molecule has 0 amide bonds. The zero-order valence-corrected chi connectivity index (χ0v) is 10.7. The lowest BCUT2D eigenvalue weighted by Gasteiger charge is -1.97. The molecule has 0 spiro atoms. The predicted molar refractivity (Wildman–Crippen MR) is 57.7 cm³/mol. The van der Waals surface area contributed by atoms with Crippen molar-refractivity contribution in [3.63, 3.8) is 0 Å². The van der Waals surface area contributed by atoms with Gasteiger partial charge in [-0.1, -0.05) is 0 Å². The highest BCUT2D eigenvalue weighted by molar-refractivity contribution is 9.10. The number of hydrogen-bond donors (Lipinski definition) is 0. The van der Waals surface area contributed by atoms with Gasteiger partial charge in [0.2, 0.25) is 0 Å². The maximum absolute atomic E-state index is 11.4. The molecule has 1 aromatic heterocycles. The van der Waals surface area contributed by atoms with Gasteiger partial charge in [0.15, 0.2) is 4.47 Å². The van der Waals surface area contributed by atoms with E-state index in [-0.39, 0.29) is 17.4 Å². The van der Waals surface area contributed by atoms with Crippen LogP contribution in [0, 0.1) is 0 Å². The summed E-state index contributed by atoms with van der Waals surface area (Å²) < 4.78 is 25.3. The van der Waals surface area contributed by atoms with Crippen LogP contribution in [-0.4, -0.2) is 28.1 Å². The van der Waals surface area contributed by atoms with Gasteiger partial charge in [-0.15, -0.1) is 0 Å². The van der Waals surface area contributed by atoms with Gasteiger partial charge < -0.3 is 14.0 Å². The summed E-state index contributed by atoms with van der Waals surface area (Å²) in [6.07, 6.45) is 0. The minimum Gasteiger partial charge on any atom is -0.568 e. The molecule has 1 unspecified atom stereocenters. The van der Waals surface area contributed by atoms with Crippen LogP contribution in [0.25, 0.3) is 0 Å². The summed E-state index contributed by atoms with van der Waals surface area (Å²) >= 11 is 3.11. The second kappa shape index (κ2) is 5.43. The van der Waals surface area contributed by atoms with Crippen molar-refractivity contribution in [3.05, 3.63) is 9.35 Å². The van der Waals surface area contributed by atoms with Crippen LogP contribution >= 0.6 is 26.9 Å². The summed E-state index contributed by atoms with van der Waals surface area (Å²) in [6, 6.07) is 0. The van der Waals surface area contributed by atoms with E-state index in [1.54, 1.807) is 13.8 Å². The van der Waals surface area contributed by atoms with Crippen LogP contribution in [0.1, 0.15) is 23.5 Å². The first-order valence-corrected chi connectivity index (χ1v) is 6.22. The Kier molecular flexibility index (Phi) is 4.49. The molecule has 0 saturated carbocycles. The van der Waals surface area contributed by atoms with Crippen LogP contribution in [0.5, 0.6) is 5.88 Å². The first-order valence-electron chi connectivity index (χ1n) is 4.32. The van der Waals surface area contributed by atoms with Crippen molar-refractivity contribution in [1.29, 1.82) is 0 Å². The van der Waals surface area contributed by atoms with Crippen molar-refractivity contribution in [3.8, 4) is 5.88 Å². The van der Waals surface area contributed by atoms with E-state index < -0.39 is 16.9 Å².